The van der Waals surface area contributed by atoms with Crippen LogP contribution in [0.4, 0.5) is 0 Å². The Morgan fingerprint density at radius 1 is 0.676 bits per heavy atom. The van der Waals surface area contributed by atoms with Gasteiger partial charge in [0.25, 0.3) is 0 Å². The van der Waals surface area contributed by atoms with E-state index in [-0.39, 0.29) is 23.9 Å². The highest BCUT2D eigenvalue weighted by atomic mass is 16.5. The van der Waals surface area contributed by atoms with Gasteiger partial charge < -0.3 is 18.9 Å². The van der Waals surface area contributed by atoms with Crippen LogP contribution in [0.3, 0.4) is 0 Å². The summed E-state index contributed by atoms with van der Waals surface area (Å²) in [4.78, 5) is 41.7. The summed E-state index contributed by atoms with van der Waals surface area (Å²) in [7, 11) is 1.33. The van der Waals surface area contributed by atoms with Gasteiger partial charge in [0.2, 0.25) is 0 Å². The zero-order chi connectivity index (χ0) is 30.2. The van der Waals surface area contributed by atoms with Crippen LogP contribution in [-0.2, 0) is 38.1 Å². The average molecular weight is 527 g/mol. The van der Waals surface area contributed by atoms with Gasteiger partial charge in [-0.2, -0.15) is 0 Å². The fraction of sp³-hybridized carbons (Fsp3) is 0.517. The molecule has 0 rings (SSSR count). The molecule has 0 saturated heterocycles. The molecule has 0 radical (unpaired) electrons. The van der Waals surface area contributed by atoms with Gasteiger partial charge in [0.05, 0.1) is 26.9 Å². The topological polar surface area (TPSA) is 105 Å². The molecule has 0 heterocycles. The molecule has 0 saturated carbocycles. The van der Waals surface area contributed by atoms with Gasteiger partial charge >= 0.3 is 23.9 Å². The van der Waals surface area contributed by atoms with Gasteiger partial charge in [-0.25, -0.2) is 19.2 Å². The lowest BCUT2D eigenvalue weighted by Crippen LogP contribution is -2.05. The van der Waals surface area contributed by atoms with E-state index in [9.17, 15) is 19.2 Å². The SMILES string of the molecule is C=C(C)C(=O)OC.C=C(C)C(=O)OCC.C=C(C)C(=O)OCCCC.C=CC.C=CC(=O)OCCCC. The highest BCUT2D eigenvalue weighted by Gasteiger charge is 2.00. The van der Waals surface area contributed by atoms with Crippen LogP contribution in [0.2, 0.25) is 0 Å². The first-order valence-electron chi connectivity index (χ1n) is 12.0. The van der Waals surface area contributed by atoms with Crippen molar-refractivity contribution < 1.29 is 38.1 Å². The molecule has 0 aromatic heterocycles. The maximum absolute atomic E-state index is 10.7. The van der Waals surface area contributed by atoms with E-state index < -0.39 is 0 Å². The van der Waals surface area contributed by atoms with Crippen LogP contribution < -0.4 is 0 Å². The Bertz CT molecular complexity index is 690. The van der Waals surface area contributed by atoms with Crippen LogP contribution in [0.5, 0.6) is 0 Å². The lowest BCUT2D eigenvalue weighted by atomic mass is 10.3. The first kappa shape index (κ1) is 43.6. The quantitative estimate of drug-likeness (QED) is 0.0991. The van der Waals surface area contributed by atoms with E-state index in [0.717, 1.165) is 25.7 Å². The van der Waals surface area contributed by atoms with Gasteiger partial charge in [-0.3, -0.25) is 0 Å². The summed E-state index contributed by atoms with van der Waals surface area (Å²) in [5.74, 6) is -1.27. The lowest BCUT2D eigenvalue weighted by molar-refractivity contribution is -0.139. The van der Waals surface area contributed by atoms with Crippen molar-refractivity contribution in [3.05, 3.63) is 61.8 Å². The molecule has 0 fully saturated rings. The van der Waals surface area contributed by atoms with Gasteiger partial charge in [-0.1, -0.05) is 59.1 Å². The standard InChI is InChI=1S/C8H14O2.C7H12O2.C6H10O2.C5H8O2.C3H6/c1-4-5-6-10-8(9)7(2)3;1-3-5-6-9-7(8)4-2;1-4-8-6(7)5(2)3;1-4(2)5(6)7-3;1-3-2/h2,4-6H2,1,3H3;4H,2-3,5-6H2,1H3;2,4H2,1,3H3;1H2,2-3H3;3H,1H2,2H3. The highest BCUT2D eigenvalue weighted by molar-refractivity contribution is 5.87. The van der Waals surface area contributed by atoms with Crippen LogP contribution in [0.25, 0.3) is 0 Å². The van der Waals surface area contributed by atoms with Gasteiger partial charge in [-0.15, -0.1) is 6.58 Å². The number of unbranched alkanes of at least 4 members (excludes halogenated alkanes) is 2. The third kappa shape index (κ3) is 46.6. The molecule has 0 aliphatic carbocycles. The predicted octanol–water partition coefficient (Wildman–Crippen LogP) is 6.47. The molecule has 0 N–H and O–H groups in total. The summed E-state index contributed by atoms with van der Waals surface area (Å²) in [5, 5.41) is 0. The molecule has 214 valence electrons. The normalized spacial score (nSPS) is 8.11. The number of hydrogen-bond donors (Lipinski definition) is 0. The molecule has 0 aliphatic rings. The Kier molecular flexibility index (Phi) is 41.0. The summed E-state index contributed by atoms with van der Waals surface area (Å²) in [6.07, 6.45) is 6.88. The highest BCUT2D eigenvalue weighted by Crippen LogP contribution is 1.94. The van der Waals surface area contributed by atoms with E-state index in [2.05, 4.69) is 54.0 Å². The monoisotopic (exact) mass is 526 g/mol. The van der Waals surface area contributed by atoms with Crippen molar-refractivity contribution in [2.24, 2.45) is 0 Å². The summed E-state index contributed by atoms with van der Waals surface area (Å²) in [5.41, 5.74) is 1.35. The van der Waals surface area contributed by atoms with Crippen molar-refractivity contribution in [1.29, 1.82) is 0 Å². The van der Waals surface area contributed by atoms with Gasteiger partial charge in [-0.05, 0) is 47.5 Å². The molecular formula is C29H50O8. The van der Waals surface area contributed by atoms with Gasteiger partial charge in [0, 0.05) is 22.8 Å². The maximum atomic E-state index is 10.7. The smallest absolute Gasteiger partial charge is 0.333 e. The molecule has 0 atom stereocenters. The molecule has 8 nitrogen and oxygen atoms in total. The second-order valence-electron chi connectivity index (χ2n) is 7.18. The van der Waals surface area contributed by atoms with Crippen molar-refractivity contribution >= 4 is 23.9 Å². The summed E-state index contributed by atoms with van der Waals surface area (Å²) >= 11 is 0. The Morgan fingerprint density at radius 2 is 1.03 bits per heavy atom. The van der Waals surface area contributed by atoms with Crippen molar-refractivity contribution in [1.82, 2.24) is 0 Å². The minimum absolute atomic E-state index is 0.284. The van der Waals surface area contributed by atoms with Crippen molar-refractivity contribution in [3.63, 3.8) is 0 Å². The fourth-order valence-electron chi connectivity index (χ4n) is 1.24. The molecule has 0 unspecified atom stereocenters. The fourth-order valence-corrected chi connectivity index (χ4v) is 1.24. The molecule has 0 aliphatic heterocycles. The Balaban J connectivity index is -0.000000119. The van der Waals surface area contributed by atoms with Crippen LogP contribution >= 0.6 is 0 Å². The number of rotatable bonds is 11. The predicted molar refractivity (Wildman–Crippen MR) is 151 cm³/mol. The Hall–Kier alpha value is -3.42. The average Bonchev–Trinajstić information content (AvgIpc) is 2.85. The van der Waals surface area contributed by atoms with Gasteiger partial charge in [0.1, 0.15) is 0 Å². The number of hydrogen-bond acceptors (Lipinski definition) is 8. The second kappa shape index (κ2) is 34.7. The molecule has 0 aromatic carbocycles. The zero-order valence-electron chi connectivity index (χ0n) is 24.4. The lowest BCUT2D eigenvalue weighted by Gasteiger charge is -2.01. The van der Waals surface area contributed by atoms with E-state index in [1.165, 1.54) is 13.2 Å². The van der Waals surface area contributed by atoms with Crippen LogP contribution in [0.1, 0.15) is 74.1 Å². The van der Waals surface area contributed by atoms with Crippen LogP contribution in [0, 0.1) is 0 Å². The van der Waals surface area contributed by atoms with E-state index in [1.54, 1.807) is 33.8 Å². The zero-order valence-corrected chi connectivity index (χ0v) is 24.4. The number of carbonyl (C=O) groups is 4. The molecule has 0 aromatic rings. The first-order valence-corrected chi connectivity index (χ1v) is 12.0. The molecule has 0 spiro atoms. The number of methoxy groups -OCH3 is 1. The minimum Gasteiger partial charge on any atom is -0.466 e. The number of ether oxygens (including phenoxy) is 4. The van der Waals surface area contributed by atoms with Crippen molar-refractivity contribution in [3.8, 4) is 0 Å². The van der Waals surface area contributed by atoms with E-state index >= 15 is 0 Å². The third-order valence-corrected chi connectivity index (χ3v) is 3.15. The van der Waals surface area contributed by atoms with Crippen molar-refractivity contribution in [2.45, 2.75) is 74.1 Å². The Labute approximate surface area is 225 Å². The number of allylic oxidation sites excluding steroid dienone is 1. The largest absolute Gasteiger partial charge is 0.466 e. The van der Waals surface area contributed by atoms with Crippen LogP contribution in [0.15, 0.2) is 61.8 Å². The molecule has 0 bridgehead atoms. The van der Waals surface area contributed by atoms with Crippen molar-refractivity contribution in [2.75, 3.05) is 26.9 Å². The second-order valence-corrected chi connectivity index (χ2v) is 7.18. The van der Waals surface area contributed by atoms with Gasteiger partial charge in [0.15, 0.2) is 0 Å². The maximum Gasteiger partial charge on any atom is 0.333 e. The molecular weight excluding hydrogens is 476 g/mol. The number of carbonyl (C=O) groups excluding carboxylic acids is 4. The van der Waals surface area contributed by atoms with E-state index in [0.29, 0.717) is 36.5 Å². The number of esters is 4. The van der Waals surface area contributed by atoms with E-state index in [1.807, 2.05) is 13.8 Å². The van der Waals surface area contributed by atoms with E-state index in [4.69, 9.17) is 4.74 Å². The first-order chi connectivity index (χ1) is 17.3. The summed E-state index contributed by atoms with van der Waals surface area (Å²) in [6.45, 7) is 30.9. The Morgan fingerprint density at radius 3 is 1.24 bits per heavy atom. The third-order valence-electron chi connectivity index (χ3n) is 3.15. The molecule has 37 heavy (non-hydrogen) atoms. The molecule has 0 amide bonds. The van der Waals surface area contributed by atoms with Crippen LogP contribution in [-0.4, -0.2) is 50.8 Å². The summed E-state index contributed by atoms with van der Waals surface area (Å²) in [6, 6.07) is 0. The summed E-state index contributed by atoms with van der Waals surface area (Å²) < 4.78 is 18.3. The molecule has 8 heteroatoms. The minimum atomic E-state index is -0.347.